The van der Waals surface area contributed by atoms with Crippen molar-refractivity contribution in [3.63, 3.8) is 0 Å². The first-order valence-corrected chi connectivity index (χ1v) is 5.33. The molecule has 17 heavy (non-hydrogen) atoms. The number of anilines is 1. The minimum Gasteiger partial charge on any atom is -0.366 e. The molecular weight excluding hydrogens is 218 g/mol. The maximum absolute atomic E-state index is 11.5. The van der Waals surface area contributed by atoms with Crippen molar-refractivity contribution >= 4 is 17.5 Å². The molecule has 1 aromatic carbocycles. The highest BCUT2D eigenvalue weighted by Crippen LogP contribution is 2.09. The highest BCUT2D eigenvalue weighted by atomic mass is 16.2. The van der Waals surface area contributed by atoms with Crippen molar-refractivity contribution in [1.29, 1.82) is 0 Å². The van der Waals surface area contributed by atoms with Crippen LogP contribution < -0.4 is 11.1 Å². The molecule has 0 aliphatic heterocycles. The van der Waals surface area contributed by atoms with Gasteiger partial charge in [-0.05, 0) is 38.4 Å². The van der Waals surface area contributed by atoms with Crippen molar-refractivity contribution in [1.82, 2.24) is 4.90 Å². The second kappa shape index (κ2) is 6.00. The van der Waals surface area contributed by atoms with E-state index in [0.29, 0.717) is 24.2 Å². The zero-order valence-corrected chi connectivity index (χ0v) is 10.1. The molecule has 0 heterocycles. The van der Waals surface area contributed by atoms with Gasteiger partial charge in [0.05, 0.1) is 0 Å². The second-order valence-corrected chi connectivity index (χ2v) is 4.04. The summed E-state index contributed by atoms with van der Waals surface area (Å²) < 4.78 is 0. The highest BCUT2D eigenvalue weighted by Gasteiger charge is 2.04. The molecule has 92 valence electrons. The maximum Gasteiger partial charge on any atom is 0.248 e. The lowest BCUT2D eigenvalue weighted by atomic mass is 10.2. The topological polar surface area (TPSA) is 75.4 Å². The molecule has 0 bridgehead atoms. The molecule has 0 aromatic heterocycles. The Morgan fingerprint density at radius 1 is 1.24 bits per heavy atom. The number of rotatable bonds is 5. The number of primary amides is 1. The fourth-order valence-corrected chi connectivity index (χ4v) is 1.27. The van der Waals surface area contributed by atoms with E-state index in [9.17, 15) is 9.59 Å². The third-order valence-corrected chi connectivity index (χ3v) is 2.24. The Labute approximate surface area is 101 Å². The van der Waals surface area contributed by atoms with E-state index in [1.54, 1.807) is 24.3 Å². The first-order chi connectivity index (χ1) is 7.99. The van der Waals surface area contributed by atoms with Crippen LogP contribution >= 0.6 is 0 Å². The number of nitrogens with zero attached hydrogens (tertiary/aromatic N) is 1. The van der Waals surface area contributed by atoms with Crippen molar-refractivity contribution < 1.29 is 9.59 Å². The van der Waals surface area contributed by atoms with Crippen molar-refractivity contribution in [2.75, 3.05) is 26.0 Å². The Balaban J connectivity index is 2.51. The molecule has 0 saturated heterocycles. The lowest BCUT2D eigenvalue weighted by Gasteiger charge is -2.09. The number of nitrogens with one attached hydrogen (secondary N) is 1. The van der Waals surface area contributed by atoms with Gasteiger partial charge in [0.15, 0.2) is 0 Å². The SMILES string of the molecule is CN(C)CCC(=O)Nc1ccc(C(N)=O)cc1. The average Bonchev–Trinajstić information content (AvgIpc) is 2.27. The third-order valence-electron chi connectivity index (χ3n) is 2.24. The van der Waals surface area contributed by atoms with Gasteiger partial charge in [0.25, 0.3) is 0 Å². The van der Waals surface area contributed by atoms with Crippen molar-refractivity contribution in [3.8, 4) is 0 Å². The first-order valence-electron chi connectivity index (χ1n) is 5.33. The molecule has 0 saturated carbocycles. The van der Waals surface area contributed by atoms with Gasteiger partial charge in [-0.25, -0.2) is 0 Å². The Kier molecular flexibility index (Phi) is 4.66. The van der Waals surface area contributed by atoms with E-state index in [1.165, 1.54) is 0 Å². The maximum atomic E-state index is 11.5. The van der Waals surface area contributed by atoms with Crippen molar-refractivity contribution in [2.45, 2.75) is 6.42 Å². The number of benzene rings is 1. The zero-order valence-electron chi connectivity index (χ0n) is 10.1. The van der Waals surface area contributed by atoms with Crippen LogP contribution in [0.5, 0.6) is 0 Å². The Morgan fingerprint density at radius 2 is 1.82 bits per heavy atom. The van der Waals surface area contributed by atoms with E-state index in [-0.39, 0.29) is 5.91 Å². The lowest BCUT2D eigenvalue weighted by Crippen LogP contribution is -2.20. The monoisotopic (exact) mass is 235 g/mol. The summed E-state index contributed by atoms with van der Waals surface area (Å²) in [5.41, 5.74) is 6.21. The molecule has 5 heteroatoms. The number of nitrogens with two attached hydrogens (primary N) is 1. The normalized spacial score (nSPS) is 10.3. The summed E-state index contributed by atoms with van der Waals surface area (Å²) in [7, 11) is 3.82. The summed E-state index contributed by atoms with van der Waals surface area (Å²) in [5, 5.41) is 2.75. The standard InChI is InChI=1S/C12H17N3O2/c1-15(2)8-7-11(16)14-10-5-3-9(4-6-10)12(13)17/h3-6H,7-8H2,1-2H3,(H2,13,17)(H,14,16). The van der Waals surface area contributed by atoms with Crippen LogP contribution in [0.2, 0.25) is 0 Å². The molecule has 1 rings (SSSR count). The molecule has 1 aromatic rings. The van der Waals surface area contributed by atoms with Gasteiger partial charge in [0, 0.05) is 24.2 Å². The van der Waals surface area contributed by atoms with Gasteiger partial charge in [-0.3, -0.25) is 9.59 Å². The number of hydrogen-bond acceptors (Lipinski definition) is 3. The van der Waals surface area contributed by atoms with Crippen molar-refractivity contribution in [2.24, 2.45) is 5.73 Å². The molecule has 3 N–H and O–H groups in total. The van der Waals surface area contributed by atoms with Crippen LogP contribution in [0.3, 0.4) is 0 Å². The van der Waals surface area contributed by atoms with Crippen molar-refractivity contribution in [3.05, 3.63) is 29.8 Å². The van der Waals surface area contributed by atoms with Gasteiger partial charge in [-0.2, -0.15) is 0 Å². The molecule has 0 aliphatic carbocycles. The highest BCUT2D eigenvalue weighted by molar-refractivity contribution is 5.94. The summed E-state index contributed by atoms with van der Waals surface area (Å²) in [6, 6.07) is 6.50. The molecule has 0 aliphatic rings. The van der Waals surface area contributed by atoms with Gasteiger partial charge < -0.3 is 16.0 Å². The van der Waals surface area contributed by atoms with E-state index in [4.69, 9.17) is 5.73 Å². The third kappa shape index (κ3) is 4.65. The van der Waals surface area contributed by atoms with E-state index < -0.39 is 5.91 Å². The van der Waals surface area contributed by atoms with Crippen LogP contribution in [0, 0.1) is 0 Å². The van der Waals surface area contributed by atoms with Crippen LogP contribution in [-0.2, 0) is 4.79 Å². The minimum atomic E-state index is -0.476. The van der Waals surface area contributed by atoms with Crippen LogP contribution in [-0.4, -0.2) is 37.4 Å². The van der Waals surface area contributed by atoms with Gasteiger partial charge in [0.2, 0.25) is 11.8 Å². The Morgan fingerprint density at radius 3 is 2.29 bits per heavy atom. The van der Waals surface area contributed by atoms with Crippen LogP contribution in [0.25, 0.3) is 0 Å². The van der Waals surface area contributed by atoms with Gasteiger partial charge >= 0.3 is 0 Å². The number of carbonyl (C=O) groups is 2. The Bertz CT molecular complexity index is 399. The Hall–Kier alpha value is -1.88. The van der Waals surface area contributed by atoms with Gasteiger partial charge in [-0.1, -0.05) is 0 Å². The molecule has 5 nitrogen and oxygen atoms in total. The number of carbonyl (C=O) groups excluding carboxylic acids is 2. The summed E-state index contributed by atoms with van der Waals surface area (Å²) in [5.74, 6) is -0.527. The van der Waals surface area contributed by atoms with Crippen LogP contribution in [0.4, 0.5) is 5.69 Å². The molecular formula is C12H17N3O2. The largest absolute Gasteiger partial charge is 0.366 e. The van der Waals surface area contributed by atoms with E-state index in [0.717, 1.165) is 0 Å². The fourth-order valence-electron chi connectivity index (χ4n) is 1.27. The predicted octanol–water partition coefficient (Wildman–Crippen LogP) is 0.676. The zero-order chi connectivity index (χ0) is 12.8. The second-order valence-electron chi connectivity index (χ2n) is 4.04. The molecule has 0 radical (unpaired) electrons. The summed E-state index contributed by atoms with van der Waals surface area (Å²) >= 11 is 0. The van der Waals surface area contributed by atoms with E-state index in [2.05, 4.69) is 5.32 Å². The number of amides is 2. The number of hydrogen-bond donors (Lipinski definition) is 2. The molecule has 2 amide bonds. The van der Waals surface area contributed by atoms with Gasteiger partial charge in [-0.15, -0.1) is 0 Å². The molecule has 0 fully saturated rings. The average molecular weight is 235 g/mol. The summed E-state index contributed by atoms with van der Waals surface area (Å²) in [4.78, 5) is 24.3. The molecule has 0 unspecified atom stereocenters. The van der Waals surface area contributed by atoms with E-state index in [1.807, 2.05) is 19.0 Å². The first kappa shape index (κ1) is 13.2. The smallest absolute Gasteiger partial charge is 0.248 e. The quantitative estimate of drug-likeness (QED) is 0.787. The predicted molar refractivity (Wildman–Crippen MR) is 66.8 cm³/mol. The van der Waals surface area contributed by atoms with Gasteiger partial charge in [0.1, 0.15) is 0 Å². The fraction of sp³-hybridized carbons (Fsp3) is 0.333. The van der Waals surface area contributed by atoms with E-state index >= 15 is 0 Å². The molecule has 0 atom stereocenters. The molecule has 0 spiro atoms. The van der Waals surface area contributed by atoms with Crippen LogP contribution in [0.15, 0.2) is 24.3 Å². The summed E-state index contributed by atoms with van der Waals surface area (Å²) in [6.45, 7) is 0.700. The minimum absolute atomic E-state index is 0.0504. The van der Waals surface area contributed by atoms with Crippen LogP contribution in [0.1, 0.15) is 16.8 Å². The lowest BCUT2D eigenvalue weighted by molar-refractivity contribution is -0.116. The summed E-state index contributed by atoms with van der Waals surface area (Å²) in [6.07, 6.45) is 0.435.